The lowest BCUT2D eigenvalue weighted by atomic mass is 10.2. The molecule has 1 aromatic heterocycles. The van der Waals surface area contributed by atoms with E-state index < -0.39 is 0 Å². The standard InChI is InChI=1S/C12H12N8/c1-20-7-16-19-12(20)8-2-4-9(5-3-8)17-18-10(6-13)11(14)15/h2-5,7,17H,1H3,(H3,14,15)/b18-10+. The first-order valence-corrected chi connectivity index (χ1v) is 5.64. The van der Waals surface area contributed by atoms with Gasteiger partial charge >= 0.3 is 0 Å². The van der Waals surface area contributed by atoms with Gasteiger partial charge in [-0.25, -0.2) is 0 Å². The first-order valence-electron chi connectivity index (χ1n) is 5.64. The predicted molar refractivity (Wildman–Crippen MR) is 75.0 cm³/mol. The van der Waals surface area contributed by atoms with Gasteiger partial charge in [0.05, 0.1) is 5.69 Å². The van der Waals surface area contributed by atoms with Gasteiger partial charge in [-0.05, 0) is 24.3 Å². The van der Waals surface area contributed by atoms with Crippen molar-refractivity contribution in [2.75, 3.05) is 5.43 Å². The molecule has 20 heavy (non-hydrogen) atoms. The molecule has 1 heterocycles. The van der Waals surface area contributed by atoms with E-state index in [0.29, 0.717) is 5.69 Å². The van der Waals surface area contributed by atoms with Crippen molar-refractivity contribution in [3.05, 3.63) is 30.6 Å². The van der Waals surface area contributed by atoms with E-state index in [9.17, 15) is 0 Å². The lowest BCUT2D eigenvalue weighted by Crippen LogP contribution is -2.21. The minimum Gasteiger partial charge on any atom is -0.382 e. The topological polar surface area (TPSA) is 129 Å². The van der Waals surface area contributed by atoms with E-state index in [1.807, 2.05) is 23.7 Å². The Morgan fingerprint density at radius 2 is 2.15 bits per heavy atom. The van der Waals surface area contributed by atoms with Gasteiger partial charge in [-0.1, -0.05) is 0 Å². The zero-order valence-electron chi connectivity index (χ0n) is 10.7. The Bertz CT molecular complexity index is 689. The molecule has 0 aliphatic rings. The van der Waals surface area contributed by atoms with Crippen molar-refractivity contribution in [3.8, 4) is 17.5 Å². The molecule has 0 saturated heterocycles. The van der Waals surface area contributed by atoms with Crippen molar-refractivity contribution in [2.45, 2.75) is 0 Å². The molecule has 0 fully saturated rings. The number of benzene rings is 1. The molecule has 1 aromatic carbocycles. The third kappa shape index (κ3) is 2.78. The van der Waals surface area contributed by atoms with Gasteiger partial charge in [0.1, 0.15) is 12.4 Å². The number of hydrogen-bond acceptors (Lipinski definition) is 6. The molecule has 0 aliphatic carbocycles. The maximum atomic E-state index is 8.71. The van der Waals surface area contributed by atoms with Crippen molar-refractivity contribution < 1.29 is 0 Å². The Labute approximate surface area is 115 Å². The quantitative estimate of drug-likeness (QED) is 0.427. The average Bonchev–Trinajstić information content (AvgIpc) is 2.86. The number of amidine groups is 1. The second-order valence-corrected chi connectivity index (χ2v) is 3.94. The summed E-state index contributed by atoms with van der Waals surface area (Å²) in [5, 5.41) is 27.4. The Hall–Kier alpha value is -3.21. The molecule has 0 unspecified atom stereocenters. The van der Waals surface area contributed by atoms with Crippen molar-refractivity contribution in [1.29, 1.82) is 10.7 Å². The first kappa shape index (κ1) is 13.2. The highest BCUT2D eigenvalue weighted by Crippen LogP contribution is 2.18. The third-order valence-electron chi connectivity index (χ3n) is 2.51. The fourth-order valence-electron chi connectivity index (χ4n) is 1.50. The minimum absolute atomic E-state index is 0.164. The number of aryl methyl sites for hydroxylation is 1. The van der Waals surface area contributed by atoms with Crippen LogP contribution in [0.4, 0.5) is 5.69 Å². The maximum Gasteiger partial charge on any atom is 0.201 e. The summed E-state index contributed by atoms with van der Waals surface area (Å²) in [6.45, 7) is 0. The molecule has 0 aliphatic heterocycles. The largest absolute Gasteiger partial charge is 0.382 e. The fraction of sp³-hybridized carbons (Fsp3) is 0.0833. The lowest BCUT2D eigenvalue weighted by Gasteiger charge is -2.03. The first-order chi connectivity index (χ1) is 9.61. The summed E-state index contributed by atoms with van der Waals surface area (Å²) in [5.41, 5.74) is 9.27. The van der Waals surface area contributed by atoms with Crippen LogP contribution in [0, 0.1) is 16.7 Å². The Morgan fingerprint density at radius 3 is 2.65 bits per heavy atom. The molecular weight excluding hydrogens is 256 g/mol. The monoisotopic (exact) mass is 268 g/mol. The molecule has 0 radical (unpaired) electrons. The van der Waals surface area contributed by atoms with E-state index in [-0.39, 0.29) is 11.5 Å². The molecule has 0 atom stereocenters. The van der Waals surface area contributed by atoms with E-state index in [1.54, 1.807) is 24.5 Å². The summed E-state index contributed by atoms with van der Waals surface area (Å²) < 4.78 is 1.81. The highest BCUT2D eigenvalue weighted by Gasteiger charge is 2.04. The molecule has 0 bridgehead atoms. The van der Waals surface area contributed by atoms with Gasteiger partial charge in [0.15, 0.2) is 11.7 Å². The Balaban J connectivity index is 2.16. The zero-order chi connectivity index (χ0) is 14.5. The molecule has 8 nitrogen and oxygen atoms in total. The van der Waals surface area contributed by atoms with Crippen LogP contribution >= 0.6 is 0 Å². The molecule has 2 rings (SSSR count). The highest BCUT2D eigenvalue weighted by molar-refractivity contribution is 6.45. The van der Waals surface area contributed by atoms with Gasteiger partial charge in [0, 0.05) is 12.6 Å². The van der Waals surface area contributed by atoms with Crippen molar-refractivity contribution >= 4 is 17.2 Å². The number of nitrogens with zero attached hydrogens (tertiary/aromatic N) is 5. The van der Waals surface area contributed by atoms with Crippen LogP contribution in [0.3, 0.4) is 0 Å². The van der Waals surface area contributed by atoms with Crippen LogP contribution in [0.1, 0.15) is 0 Å². The normalized spacial score (nSPS) is 10.9. The highest BCUT2D eigenvalue weighted by atomic mass is 15.3. The lowest BCUT2D eigenvalue weighted by molar-refractivity contribution is 0.920. The SMILES string of the molecule is Cn1cnnc1-c1ccc(N/N=C(\C#N)C(=N)N)cc1. The van der Waals surface area contributed by atoms with Crippen LogP contribution in [-0.4, -0.2) is 26.3 Å². The molecular formula is C12H12N8. The number of nitrogens with one attached hydrogen (secondary N) is 2. The van der Waals surface area contributed by atoms with Crippen molar-refractivity contribution in [3.63, 3.8) is 0 Å². The molecule has 8 heteroatoms. The summed E-state index contributed by atoms with van der Waals surface area (Å²) in [7, 11) is 1.86. The summed E-state index contributed by atoms with van der Waals surface area (Å²) in [5.74, 6) is 0.372. The average molecular weight is 268 g/mol. The summed E-state index contributed by atoms with van der Waals surface area (Å²) in [4.78, 5) is 0. The van der Waals surface area contributed by atoms with Gasteiger partial charge in [0.25, 0.3) is 0 Å². The second-order valence-electron chi connectivity index (χ2n) is 3.94. The summed E-state index contributed by atoms with van der Waals surface area (Å²) >= 11 is 0. The number of nitrogens with two attached hydrogens (primary N) is 1. The fourth-order valence-corrected chi connectivity index (χ4v) is 1.50. The number of nitriles is 1. The molecule has 2 aromatic rings. The van der Waals surface area contributed by atoms with Gasteiger partial charge < -0.3 is 10.3 Å². The number of hydrazone groups is 1. The zero-order valence-corrected chi connectivity index (χ0v) is 10.7. The Morgan fingerprint density at radius 1 is 1.45 bits per heavy atom. The number of hydrogen-bond donors (Lipinski definition) is 3. The van der Waals surface area contributed by atoms with Crippen LogP contribution in [0.25, 0.3) is 11.4 Å². The van der Waals surface area contributed by atoms with Gasteiger partial charge in [0.2, 0.25) is 5.71 Å². The Kier molecular flexibility index (Phi) is 3.72. The number of anilines is 1. The molecule has 100 valence electrons. The number of aromatic nitrogens is 3. The third-order valence-corrected chi connectivity index (χ3v) is 2.51. The molecule has 0 spiro atoms. The van der Waals surface area contributed by atoms with Crippen LogP contribution in [0.2, 0.25) is 0 Å². The van der Waals surface area contributed by atoms with Crippen LogP contribution in [0.15, 0.2) is 35.7 Å². The van der Waals surface area contributed by atoms with Gasteiger partial charge in [-0.3, -0.25) is 10.8 Å². The van der Waals surface area contributed by atoms with E-state index in [4.69, 9.17) is 16.4 Å². The van der Waals surface area contributed by atoms with E-state index in [2.05, 4.69) is 20.7 Å². The number of rotatable bonds is 4. The predicted octanol–water partition coefficient (Wildman–Crippen LogP) is 0.710. The molecule has 0 saturated carbocycles. The summed E-state index contributed by atoms with van der Waals surface area (Å²) in [6.07, 6.45) is 1.62. The van der Waals surface area contributed by atoms with Gasteiger partial charge in [-0.15, -0.1) is 10.2 Å². The second kappa shape index (κ2) is 5.62. The molecule has 0 amide bonds. The van der Waals surface area contributed by atoms with Crippen LogP contribution < -0.4 is 11.2 Å². The van der Waals surface area contributed by atoms with Gasteiger partial charge in [-0.2, -0.15) is 10.4 Å². The smallest absolute Gasteiger partial charge is 0.201 e. The van der Waals surface area contributed by atoms with E-state index >= 15 is 0 Å². The van der Waals surface area contributed by atoms with Crippen LogP contribution in [-0.2, 0) is 7.05 Å². The maximum absolute atomic E-state index is 8.71. The minimum atomic E-state index is -0.379. The van der Waals surface area contributed by atoms with Crippen molar-refractivity contribution in [1.82, 2.24) is 14.8 Å². The van der Waals surface area contributed by atoms with E-state index in [1.165, 1.54) is 0 Å². The van der Waals surface area contributed by atoms with E-state index in [0.717, 1.165) is 11.4 Å². The van der Waals surface area contributed by atoms with Crippen molar-refractivity contribution in [2.24, 2.45) is 17.9 Å². The summed E-state index contributed by atoms with van der Waals surface area (Å²) in [6, 6.07) is 8.99. The molecule has 4 N–H and O–H groups in total. The van der Waals surface area contributed by atoms with Crippen LogP contribution in [0.5, 0.6) is 0 Å².